The Bertz CT molecular complexity index is 464. The second-order valence-corrected chi connectivity index (χ2v) is 6.12. The van der Waals surface area contributed by atoms with Crippen molar-refractivity contribution in [3.63, 3.8) is 0 Å². The zero-order valence-corrected chi connectivity index (χ0v) is 12.3. The van der Waals surface area contributed by atoms with Crippen LogP contribution in [0.3, 0.4) is 0 Å². The minimum absolute atomic E-state index is 0.198. The lowest BCUT2D eigenvalue weighted by Gasteiger charge is -2.38. The molecule has 0 spiro atoms. The van der Waals surface area contributed by atoms with Gasteiger partial charge in [0, 0.05) is 31.6 Å². The molecule has 0 saturated carbocycles. The van der Waals surface area contributed by atoms with Crippen molar-refractivity contribution in [1.82, 2.24) is 14.9 Å². The second-order valence-electron chi connectivity index (χ2n) is 5.73. The molecule has 2 rings (SSSR count). The molecular formula is C13H19ClN4O. The minimum atomic E-state index is -0.321. The Labute approximate surface area is 118 Å². The zero-order chi connectivity index (χ0) is 14.0. The first kappa shape index (κ1) is 14.1. The molecule has 0 aromatic carbocycles. The van der Waals surface area contributed by atoms with Gasteiger partial charge in [-0.15, -0.1) is 0 Å². The van der Waals surface area contributed by atoms with E-state index in [1.165, 1.54) is 6.20 Å². The van der Waals surface area contributed by atoms with Crippen molar-refractivity contribution >= 4 is 23.3 Å². The normalized spacial score (nSPS) is 16.6. The molecule has 19 heavy (non-hydrogen) atoms. The summed E-state index contributed by atoms with van der Waals surface area (Å²) in [5.41, 5.74) is -0.321. The Hall–Kier alpha value is -1.36. The summed E-state index contributed by atoms with van der Waals surface area (Å²) in [5.74, 6) is 0.972. The Morgan fingerprint density at radius 3 is 2.37 bits per heavy atom. The summed E-state index contributed by atoms with van der Waals surface area (Å²) >= 11 is 5.84. The number of hydrogen-bond acceptors (Lipinski definition) is 4. The molecule has 1 aromatic rings. The maximum atomic E-state index is 12.2. The van der Waals surface area contributed by atoms with Crippen LogP contribution >= 0.6 is 11.6 Å². The van der Waals surface area contributed by atoms with Crippen molar-refractivity contribution in [2.45, 2.75) is 20.8 Å². The molecule has 0 atom stereocenters. The molecule has 1 fully saturated rings. The van der Waals surface area contributed by atoms with Gasteiger partial charge in [-0.25, -0.2) is 4.98 Å². The number of aromatic nitrogens is 2. The lowest BCUT2D eigenvalue weighted by molar-refractivity contribution is -0.139. The number of carbonyl (C=O) groups is 1. The SMILES string of the molecule is CC(C)(C)C(=O)N1CCN(c2cncc(Cl)n2)CC1. The highest BCUT2D eigenvalue weighted by Crippen LogP contribution is 2.20. The number of amides is 1. The van der Waals surface area contributed by atoms with Crippen LogP contribution in [-0.2, 0) is 4.79 Å². The van der Waals surface area contributed by atoms with Crippen LogP contribution in [0.2, 0.25) is 5.15 Å². The Morgan fingerprint density at radius 1 is 1.21 bits per heavy atom. The highest BCUT2D eigenvalue weighted by Gasteiger charge is 2.29. The fraction of sp³-hybridized carbons (Fsp3) is 0.615. The van der Waals surface area contributed by atoms with Gasteiger partial charge >= 0.3 is 0 Å². The standard InChI is InChI=1S/C13H19ClN4O/c1-13(2,3)12(19)18-6-4-17(5-7-18)11-9-15-8-10(14)16-11/h8-9H,4-7H2,1-3H3. The summed E-state index contributed by atoms with van der Waals surface area (Å²) < 4.78 is 0. The summed E-state index contributed by atoms with van der Waals surface area (Å²) in [6.45, 7) is 8.79. The Balaban J connectivity index is 1.98. The fourth-order valence-electron chi connectivity index (χ4n) is 2.10. The topological polar surface area (TPSA) is 49.3 Å². The van der Waals surface area contributed by atoms with Crippen LogP contribution in [0.4, 0.5) is 5.82 Å². The van der Waals surface area contributed by atoms with E-state index in [1.54, 1.807) is 6.20 Å². The molecule has 1 aliphatic rings. The van der Waals surface area contributed by atoms with Crippen molar-refractivity contribution in [2.24, 2.45) is 5.41 Å². The fourth-order valence-corrected chi connectivity index (χ4v) is 2.24. The van der Waals surface area contributed by atoms with Crippen molar-refractivity contribution < 1.29 is 4.79 Å². The first-order valence-corrected chi connectivity index (χ1v) is 6.77. The van der Waals surface area contributed by atoms with E-state index in [0.717, 1.165) is 18.9 Å². The van der Waals surface area contributed by atoms with E-state index in [1.807, 2.05) is 25.7 Å². The van der Waals surface area contributed by atoms with E-state index in [9.17, 15) is 4.79 Å². The molecule has 0 unspecified atom stereocenters. The number of anilines is 1. The summed E-state index contributed by atoms with van der Waals surface area (Å²) in [6.07, 6.45) is 3.22. The molecule has 0 bridgehead atoms. The molecule has 5 nitrogen and oxygen atoms in total. The van der Waals surface area contributed by atoms with Gasteiger partial charge in [0.25, 0.3) is 0 Å². The summed E-state index contributed by atoms with van der Waals surface area (Å²) in [5, 5.41) is 0.394. The molecule has 1 aliphatic heterocycles. The lowest BCUT2D eigenvalue weighted by atomic mass is 9.94. The van der Waals surface area contributed by atoms with Crippen LogP contribution in [0.15, 0.2) is 12.4 Å². The minimum Gasteiger partial charge on any atom is -0.352 e. The monoisotopic (exact) mass is 282 g/mol. The maximum absolute atomic E-state index is 12.2. The van der Waals surface area contributed by atoms with Crippen molar-refractivity contribution in [3.05, 3.63) is 17.5 Å². The second kappa shape index (κ2) is 5.33. The Morgan fingerprint density at radius 2 is 1.84 bits per heavy atom. The van der Waals surface area contributed by atoms with Crippen molar-refractivity contribution in [3.8, 4) is 0 Å². The van der Waals surface area contributed by atoms with Crippen LogP contribution in [-0.4, -0.2) is 47.0 Å². The van der Waals surface area contributed by atoms with Gasteiger partial charge in [0.1, 0.15) is 11.0 Å². The van der Waals surface area contributed by atoms with Crippen molar-refractivity contribution in [1.29, 1.82) is 0 Å². The third-order valence-electron chi connectivity index (χ3n) is 3.12. The average molecular weight is 283 g/mol. The van der Waals surface area contributed by atoms with Crippen LogP contribution in [0.5, 0.6) is 0 Å². The third-order valence-corrected chi connectivity index (χ3v) is 3.31. The van der Waals surface area contributed by atoms with Gasteiger partial charge in [-0.3, -0.25) is 9.78 Å². The van der Waals surface area contributed by atoms with Gasteiger partial charge in [0.15, 0.2) is 0 Å². The number of carbonyl (C=O) groups excluding carboxylic acids is 1. The first-order valence-electron chi connectivity index (χ1n) is 6.40. The summed E-state index contributed by atoms with van der Waals surface area (Å²) in [6, 6.07) is 0. The molecule has 104 valence electrons. The molecular weight excluding hydrogens is 264 g/mol. The molecule has 0 N–H and O–H groups in total. The maximum Gasteiger partial charge on any atom is 0.228 e. The predicted molar refractivity (Wildman–Crippen MR) is 75.3 cm³/mol. The first-order chi connectivity index (χ1) is 8.88. The highest BCUT2D eigenvalue weighted by molar-refractivity contribution is 6.29. The third kappa shape index (κ3) is 3.35. The molecule has 2 heterocycles. The predicted octanol–water partition coefficient (Wildman–Crippen LogP) is 1.82. The molecule has 1 saturated heterocycles. The highest BCUT2D eigenvalue weighted by atomic mass is 35.5. The number of rotatable bonds is 1. The van der Waals surface area contributed by atoms with Gasteiger partial charge in [0.2, 0.25) is 5.91 Å². The largest absolute Gasteiger partial charge is 0.352 e. The number of nitrogens with zero attached hydrogens (tertiary/aromatic N) is 4. The summed E-state index contributed by atoms with van der Waals surface area (Å²) in [7, 11) is 0. The molecule has 1 amide bonds. The van der Waals surface area contributed by atoms with Gasteiger partial charge in [0.05, 0.1) is 12.4 Å². The molecule has 1 aromatic heterocycles. The van der Waals surface area contributed by atoms with E-state index in [4.69, 9.17) is 11.6 Å². The number of hydrogen-bond donors (Lipinski definition) is 0. The molecule has 0 radical (unpaired) electrons. The van der Waals surface area contributed by atoms with Crippen LogP contribution < -0.4 is 4.90 Å². The zero-order valence-electron chi connectivity index (χ0n) is 11.6. The quantitative estimate of drug-likeness (QED) is 0.788. The van der Waals surface area contributed by atoms with Gasteiger partial charge in [-0.2, -0.15) is 0 Å². The van der Waals surface area contributed by atoms with Crippen molar-refractivity contribution in [2.75, 3.05) is 31.1 Å². The van der Waals surface area contributed by atoms with E-state index in [-0.39, 0.29) is 11.3 Å². The van der Waals surface area contributed by atoms with Gasteiger partial charge < -0.3 is 9.80 Å². The molecule has 0 aliphatic carbocycles. The van der Waals surface area contributed by atoms with Gasteiger partial charge in [-0.05, 0) is 0 Å². The number of piperazine rings is 1. The van der Waals surface area contributed by atoms with E-state index in [0.29, 0.717) is 18.2 Å². The van der Waals surface area contributed by atoms with Crippen LogP contribution in [0.25, 0.3) is 0 Å². The number of halogens is 1. The summed E-state index contributed by atoms with van der Waals surface area (Å²) in [4.78, 5) is 24.5. The average Bonchev–Trinajstić information content (AvgIpc) is 2.37. The Kier molecular flexibility index (Phi) is 3.94. The van der Waals surface area contributed by atoms with Crippen LogP contribution in [0.1, 0.15) is 20.8 Å². The smallest absolute Gasteiger partial charge is 0.228 e. The van der Waals surface area contributed by atoms with E-state index in [2.05, 4.69) is 14.9 Å². The lowest BCUT2D eigenvalue weighted by Crippen LogP contribution is -2.51. The van der Waals surface area contributed by atoms with E-state index < -0.39 is 0 Å². The van der Waals surface area contributed by atoms with Crippen LogP contribution in [0, 0.1) is 5.41 Å². The molecule has 6 heteroatoms. The van der Waals surface area contributed by atoms with E-state index >= 15 is 0 Å². The van der Waals surface area contributed by atoms with Gasteiger partial charge in [-0.1, -0.05) is 32.4 Å².